The van der Waals surface area contributed by atoms with E-state index in [0.29, 0.717) is 24.9 Å². The minimum atomic E-state index is -1.07. The number of likely N-dealkylation sites (tertiary alicyclic amines) is 1. The van der Waals surface area contributed by atoms with Crippen LogP contribution in [0.4, 0.5) is 10.5 Å². The van der Waals surface area contributed by atoms with E-state index in [1.807, 2.05) is 78.9 Å². The molecule has 3 aromatic carbocycles. The highest BCUT2D eigenvalue weighted by molar-refractivity contribution is 6.02. The molecule has 7 rings (SSSR count). The Kier molecular flexibility index (Phi) is 7.32. The first kappa shape index (κ1) is 28.1. The molecule has 0 radical (unpaired) electrons. The molecular weight excluding hydrogens is 558 g/mol. The van der Waals surface area contributed by atoms with Gasteiger partial charge >= 0.3 is 12.1 Å². The first-order valence-electron chi connectivity index (χ1n) is 15.5. The van der Waals surface area contributed by atoms with Gasteiger partial charge in [-0.05, 0) is 60.4 Å². The molecule has 2 fully saturated rings. The van der Waals surface area contributed by atoms with Gasteiger partial charge in [0.05, 0.1) is 11.7 Å². The number of nitrogens with zero attached hydrogens (tertiary/aromatic N) is 3. The monoisotopic (exact) mass is 593 g/mol. The molecule has 3 heterocycles. The summed E-state index contributed by atoms with van der Waals surface area (Å²) in [5, 5.41) is 10.2. The van der Waals surface area contributed by atoms with Crippen LogP contribution in [0, 0.1) is 0 Å². The molecule has 3 aromatic rings. The van der Waals surface area contributed by atoms with Crippen LogP contribution < -0.4 is 4.90 Å². The molecule has 9 heteroatoms. The van der Waals surface area contributed by atoms with Gasteiger partial charge in [-0.1, -0.05) is 72.8 Å². The zero-order chi connectivity index (χ0) is 30.4. The van der Waals surface area contributed by atoms with E-state index in [-0.39, 0.29) is 30.9 Å². The van der Waals surface area contributed by atoms with E-state index >= 15 is 0 Å². The number of para-hydroxylation sites is 1. The van der Waals surface area contributed by atoms with Crippen molar-refractivity contribution in [2.24, 2.45) is 0 Å². The number of anilines is 1. The van der Waals surface area contributed by atoms with Crippen molar-refractivity contribution in [3.63, 3.8) is 0 Å². The van der Waals surface area contributed by atoms with E-state index in [9.17, 15) is 24.3 Å². The second-order valence-electron chi connectivity index (χ2n) is 12.2. The third-order valence-corrected chi connectivity index (χ3v) is 9.70. The lowest BCUT2D eigenvalue weighted by molar-refractivity contribution is -0.155. The van der Waals surface area contributed by atoms with Crippen molar-refractivity contribution >= 4 is 29.6 Å². The Morgan fingerprint density at radius 1 is 0.682 bits per heavy atom. The highest BCUT2D eigenvalue weighted by Crippen LogP contribution is 2.42. The topological polar surface area (TPSA) is 107 Å². The summed E-state index contributed by atoms with van der Waals surface area (Å²) in [5.74, 6) is -1.78. The summed E-state index contributed by atoms with van der Waals surface area (Å²) in [7, 11) is 0. The molecule has 0 unspecified atom stereocenters. The van der Waals surface area contributed by atoms with Crippen LogP contribution in [0.25, 0.3) is 0 Å². The largest absolute Gasteiger partial charge is 0.480 e. The lowest BCUT2D eigenvalue weighted by Gasteiger charge is -2.40. The van der Waals surface area contributed by atoms with Crippen LogP contribution in [0.5, 0.6) is 0 Å². The van der Waals surface area contributed by atoms with Crippen molar-refractivity contribution in [3.8, 4) is 0 Å². The lowest BCUT2D eigenvalue weighted by atomic mass is 9.93. The fourth-order valence-electron chi connectivity index (χ4n) is 7.20. The molecule has 44 heavy (non-hydrogen) atoms. The van der Waals surface area contributed by atoms with Crippen molar-refractivity contribution in [2.45, 2.75) is 81.8 Å². The van der Waals surface area contributed by atoms with E-state index in [1.165, 1.54) is 9.80 Å². The van der Waals surface area contributed by atoms with E-state index in [2.05, 4.69) is 0 Å². The first-order valence-corrected chi connectivity index (χ1v) is 15.5. The molecule has 0 bridgehead atoms. The maximum Gasteiger partial charge on any atom is 0.415 e. The molecule has 226 valence electrons. The number of carboxylic acid groups (broad SMARTS) is 1. The second-order valence-corrected chi connectivity index (χ2v) is 12.2. The molecule has 1 N–H and O–H groups in total. The van der Waals surface area contributed by atoms with Gasteiger partial charge in [-0.15, -0.1) is 0 Å². The van der Waals surface area contributed by atoms with Gasteiger partial charge in [0, 0.05) is 19.4 Å². The number of aliphatic carboxylic acids is 1. The third-order valence-electron chi connectivity index (χ3n) is 9.70. The summed E-state index contributed by atoms with van der Waals surface area (Å²) in [6, 6.07) is 21.5. The van der Waals surface area contributed by atoms with Crippen molar-refractivity contribution in [2.75, 3.05) is 4.90 Å². The molecule has 3 amide bonds. The maximum atomic E-state index is 14.8. The molecule has 1 saturated heterocycles. The number of ether oxygens (including phenoxy) is 1. The summed E-state index contributed by atoms with van der Waals surface area (Å²) in [6.07, 6.45) is 3.37. The zero-order valence-electron chi connectivity index (χ0n) is 24.4. The number of benzene rings is 3. The Hall–Kier alpha value is -4.66. The van der Waals surface area contributed by atoms with Crippen LogP contribution in [-0.4, -0.2) is 63.0 Å². The number of rotatable bonds is 5. The summed E-state index contributed by atoms with van der Waals surface area (Å²) in [6.45, 7) is 0.162. The van der Waals surface area contributed by atoms with Gasteiger partial charge < -0.3 is 19.6 Å². The SMILES string of the molecule is O=C(O)[C@H]1Cc2ccccc2CN1C(=O)[C@H]1CC[C@@H](c2ccccc2)N1C(=O)[C@H]1Cc2ccccc2N1C(=O)OC1CCC1. The summed E-state index contributed by atoms with van der Waals surface area (Å²) in [5.41, 5.74) is 4.23. The van der Waals surface area contributed by atoms with Gasteiger partial charge in [-0.3, -0.25) is 14.5 Å². The number of hydrogen-bond donors (Lipinski definition) is 1. The average molecular weight is 594 g/mol. The van der Waals surface area contributed by atoms with Gasteiger partial charge in [0.2, 0.25) is 11.8 Å². The molecule has 4 atom stereocenters. The summed E-state index contributed by atoms with van der Waals surface area (Å²) < 4.78 is 5.80. The van der Waals surface area contributed by atoms with E-state index in [0.717, 1.165) is 41.5 Å². The quantitative estimate of drug-likeness (QED) is 0.452. The molecule has 4 aliphatic rings. The predicted octanol–water partition coefficient (Wildman–Crippen LogP) is 4.88. The van der Waals surface area contributed by atoms with Crippen LogP contribution in [0.2, 0.25) is 0 Å². The van der Waals surface area contributed by atoms with Gasteiger partial charge in [-0.25, -0.2) is 9.59 Å². The van der Waals surface area contributed by atoms with Gasteiger partial charge in [0.25, 0.3) is 0 Å². The smallest absolute Gasteiger partial charge is 0.415 e. The molecular formula is C35H35N3O6. The molecule has 1 aliphatic carbocycles. The van der Waals surface area contributed by atoms with E-state index < -0.39 is 36.2 Å². The average Bonchev–Trinajstić information content (AvgIpc) is 3.64. The Balaban J connectivity index is 1.24. The van der Waals surface area contributed by atoms with E-state index in [1.54, 1.807) is 4.90 Å². The van der Waals surface area contributed by atoms with Crippen LogP contribution in [0.1, 0.15) is 60.4 Å². The minimum Gasteiger partial charge on any atom is -0.480 e. The van der Waals surface area contributed by atoms with Crippen molar-refractivity contribution in [1.82, 2.24) is 9.80 Å². The molecule has 1 saturated carbocycles. The van der Waals surface area contributed by atoms with Crippen molar-refractivity contribution in [3.05, 3.63) is 101 Å². The molecule has 0 aromatic heterocycles. The highest BCUT2D eigenvalue weighted by atomic mass is 16.6. The Labute approximate surface area is 256 Å². The first-order chi connectivity index (χ1) is 21.4. The fraction of sp³-hybridized carbons (Fsp3) is 0.371. The molecule has 9 nitrogen and oxygen atoms in total. The van der Waals surface area contributed by atoms with E-state index in [4.69, 9.17) is 4.74 Å². The Morgan fingerprint density at radius 3 is 2.05 bits per heavy atom. The standard InChI is InChI=1S/C35H35N3O6/c39-32(36-21-25-13-5-4-11-23(25)19-31(36)34(41)42)29-18-17-28(22-9-2-1-3-10-22)37(29)33(40)30-20-24-12-6-7-16-27(24)38(30)35(43)44-26-14-8-15-26/h1-7,9-13,16,26,28-31H,8,14-15,17-21H2,(H,41,42)/t28-,29+,30+,31+/m0/s1. The Morgan fingerprint density at radius 2 is 1.34 bits per heavy atom. The molecule has 0 spiro atoms. The third kappa shape index (κ3) is 4.90. The van der Waals surface area contributed by atoms with Gasteiger partial charge in [0.1, 0.15) is 24.2 Å². The van der Waals surface area contributed by atoms with Crippen molar-refractivity contribution in [1.29, 1.82) is 0 Å². The van der Waals surface area contributed by atoms with Crippen LogP contribution in [0.15, 0.2) is 78.9 Å². The maximum absolute atomic E-state index is 14.8. The van der Waals surface area contributed by atoms with Gasteiger partial charge in [0.15, 0.2) is 0 Å². The number of carbonyl (C=O) groups excluding carboxylic acids is 3. The zero-order valence-corrected chi connectivity index (χ0v) is 24.4. The van der Waals surface area contributed by atoms with Crippen molar-refractivity contribution < 1.29 is 29.0 Å². The fourth-order valence-corrected chi connectivity index (χ4v) is 7.20. The normalized spacial score (nSPS) is 24.3. The van der Waals surface area contributed by atoms with Gasteiger partial charge in [-0.2, -0.15) is 0 Å². The highest BCUT2D eigenvalue weighted by Gasteiger charge is 2.50. The van der Waals surface area contributed by atoms with Crippen LogP contribution >= 0.6 is 0 Å². The Bertz CT molecular complexity index is 1600. The predicted molar refractivity (Wildman–Crippen MR) is 162 cm³/mol. The van der Waals surface area contributed by atoms with Crippen LogP contribution in [0.3, 0.4) is 0 Å². The summed E-state index contributed by atoms with van der Waals surface area (Å²) >= 11 is 0. The molecule has 3 aliphatic heterocycles. The number of hydrogen-bond acceptors (Lipinski definition) is 5. The number of amides is 3. The minimum absolute atomic E-state index is 0.154. The number of carbonyl (C=O) groups is 4. The second kappa shape index (κ2) is 11.4. The summed E-state index contributed by atoms with van der Waals surface area (Å²) in [4.78, 5) is 59.8. The lowest BCUT2D eigenvalue weighted by Crippen LogP contribution is -2.58. The number of carboxylic acids is 1. The van der Waals surface area contributed by atoms with Crippen LogP contribution in [-0.2, 0) is 38.5 Å². The number of fused-ring (bicyclic) bond motifs is 2.